The largest absolute Gasteiger partial charge is 0.481 e. The molecule has 0 aromatic carbocycles. The second kappa shape index (κ2) is 5.50. The van der Waals surface area contributed by atoms with E-state index in [2.05, 4.69) is 10.1 Å². The fourth-order valence-electron chi connectivity index (χ4n) is 1.58. The van der Waals surface area contributed by atoms with Gasteiger partial charge in [0.1, 0.15) is 6.10 Å². The van der Waals surface area contributed by atoms with E-state index >= 15 is 0 Å². The van der Waals surface area contributed by atoms with Crippen molar-refractivity contribution < 1.29 is 19.2 Å². The quantitative estimate of drug-likeness (QED) is 0.792. The zero-order chi connectivity index (χ0) is 12.3. The lowest BCUT2D eigenvalue weighted by Crippen LogP contribution is -2.05. The molecular formula is C10H14N2O4S. The summed E-state index contributed by atoms with van der Waals surface area (Å²) < 4.78 is 10.4. The molecule has 94 valence electrons. The number of carbonyl (C=O) groups is 1. The minimum Gasteiger partial charge on any atom is -0.481 e. The van der Waals surface area contributed by atoms with Crippen LogP contribution in [-0.4, -0.2) is 34.1 Å². The first kappa shape index (κ1) is 12.4. The van der Waals surface area contributed by atoms with Crippen LogP contribution in [0.2, 0.25) is 0 Å². The number of hydrogen-bond donors (Lipinski definition) is 1. The number of carboxylic acid groups (broad SMARTS) is 1. The normalized spacial score (nSPS) is 17.0. The predicted molar refractivity (Wildman–Crippen MR) is 60.6 cm³/mol. The topological polar surface area (TPSA) is 85.5 Å². The maximum atomic E-state index is 10.3. The molecule has 1 aliphatic rings. The lowest BCUT2D eigenvalue weighted by atomic mass is 10.2. The van der Waals surface area contributed by atoms with Gasteiger partial charge in [-0.2, -0.15) is 4.98 Å². The van der Waals surface area contributed by atoms with E-state index in [1.807, 2.05) is 0 Å². The molecule has 1 fully saturated rings. The molecule has 1 unspecified atom stereocenters. The molecule has 0 bridgehead atoms. The first-order valence-electron chi connectivity index (χ1n) is 5.35. The molecule has 1 N–H and O–H groups in total. The van der Waals surface area contributed by atoms with Gasteiger partial charge in [0, 0.05) is 7.11 Å². The Kier molecular flexibility index (Phi) is 4.01. The highest BCUT2D eigenvalue weighted by Gasteiger charge is 2.35. The van der Waals surface area contributed by atoms with E-state index in [1.165, 1.54) is 11.8 Å². The van der Waals surface area contributed by atoms with Gasteiger partial charge in [0.15, 0.2) is 0 Å². The predicted octanol–water partition coefficient (Wildman–Crippen LogP) is 1.48. The van der Waals surface area contributed by atoms with Gasteiger partial charge < -0.3 is 14.4 Å². The van der Waals surface area contributed by atoms with Crippen LogP contribution < -0.4 is 0 Å². The zero-order valence-corrected chi connectivity index (χ0v) is 10.3. The number of thioether (sulfide) groups is 1. The van der Waals surface area contributed by atoms with Gasteiger partial charge in [0.2, 0.25) is 11.7 Å². The van der Waals surface area contributed by atoms with Crippen LogP contribution in [0.15, 0.2) is 4.52 Å². The molecule has 6 nitrogen and oxygen atoms in total. The monoisotopic (exact) mass is 258 g/mol. The van der Waals surface area contributed by atoms with E-state index in [-0.39, 0.29) is 11.9 Å². The van der Waals surface area contributed by atoms with Crippen molar-refractivity contribution in [2.24, 2.45) is 5.92 Å². The first-order chi connectivity index (χ1) is 8.20. The van der Waals surface area contributed by atoms with E-state index in [0.717, 1.165) is 12.8 Å². The lowest BCUT2D eigenvalue weighted by Gasteiger charge is -2.08. The third-order valence-electron chi connectivity index (χ3n) is 2.49. The van der Waals surface area contributed by atoms with Crippen molar-refractivity contribution in [2.45, 2.75) is 24.7 Å². The number of rotatable bonds is 7. The second-order valence-corrected chi connectivity index (χ2v) is 4.91. The third-order valence-corrected chi connectivity index (χ3v) is 3.40. The van der Waals surface area contributed by atoms with Gasteiger partial charge in [0.05, 0.1) is 11.5 Å². The summed E-state index contributed by atoms with van der Waals surface area (Å²) in [4.78, 5) is 14.6. The van der Waals surface area contributed by atoms with Crippen LogP contribution in [0.4, 0.5) is 0 Å². The van der Waals surface area contributed by atoms with Crippen LogP contribution in [0.3, 0.4) is 0 Å². The summed E-state index contributed by atoms with van der Waals surface area (Å²) >= 11 is 1.23. The number of hydrogen-bond acceptors (Lipinski definition) is 6. The van der Waals surface area contributed by atoms with Gasteiger partial charge in [0.25, 0.3) is 0 Å². The SMILES string of the molecule is COC(c1noc(CSCC(=O)O)n1)C1CC1. The third kappa shape index (κ3) is 3.44. The maximum absolute atomic E-state index is 10.3. The van der Waals surface area contributed by atoms with Crippen LogP contribution in [0.25, 0.3) is 0 Å². The summed E-state index contributed by atoms with van der Waals surface area (Å²) in [5, 5.41) is 12.4. The standard InChI is InChI=1S/C10H14N2O4S/c1-15-9(6-2-3-6)10-11-7(16-12-10)4-17-5-8(13)14/h6,9H,2-5H2,1H3,(H,13,14). The molecule has 1 aromatic rings. The van der Waals surface area contributed by atoms with Gasteiger partial charge in [-0.05, 0) is 18.8 Å². The zero-order valence-electron chi connectivity index (χ0n) is 9.46. The van der Waals surface area contributed by atoms with Gasteiger partial charge in [-0.1, -0.05) is 5.16 Å². The summed E-state index contributed by atoms with van der Waals surface area (Å²) in [6.07, 6.45) is 2.18. The fourth-order valence-corrected chi connectivity index (χ4v) is 2.14. The molecule has 0 aliphatic heterocycles. The van der Waals surface area contributed by atoms with Gasteiger partial charge in [-0.15, -0.1) is 11.8 Å². The Morgan fingerprint density at radius 1 is 1.71 bits per heavy atom. The Morgan fingerprint density at radius 3 is 3.06 bits per heavy atom. The Hall–Kier alpha value is -1.08. The molecule has 1 heterocycles. The lowest BCUT2D eigenvalue weighted by molar-refractivity contribution is -0.133. The van der Waals surface area contributed by atoms with Crippen molar-refractivity contribution in [1.82, 2.24) is 10.1 Å². The molecule has 0 radical (unpaired) electrons. The van der Waals surface area contributed by atoms with Crippen molar-refractivity contribution in [3.8, 4) is 0 Å². The highest BCUT2D eigenvalue weighted by Crippen LogP contribution is 2.41. The van der Waals surface area contributed by atoms with E-state index in [9.17, 15) is 4.79 Å². The van der Waals surface area contributed by atoms with Crippen molar-refractivity contribution in [2.75, 3.05) is 12.9 Å². The van der Waals surface area contributed by atoms with Crippen molar-refractivity contribution in [1.29, 1.82) is 0 Å². The minimum atomic E-state index is -0.845. The summed E-state index contributed by atoms with van der Waals surface area (Å²) in [7, 11) is 1.64. The Morgan fingerprint density at radius 2 is 2.47 bits per heavy atom. The van der Waals surface area contributed by atoms with E-state index in [1.54, 1.807) is 7.11 Å². The molecular weight excluding hydrogens is 244 g/mol. The molecule has 0 amide bonds. The van der Waals surface area contributed by atoms with E-state index < -0.39 is 5.97 Å². The summed E-state index contributed by atoms with van der Waals surface area (Å²) in [5.41, 5.74) is 0. The van der Waals surface area contributed by atoms with Gasteiger partial charge in [-0.3, -0.25) is 4.79 Å². The molecule has 17 heavy (non-hydrogen) atoms. The molecule has 1 atom stereocenters. The maximum Gasteiger partial charge on any atom is 0.313 e. The molecule has 1 aliphatic carbocycles. The number of ether oxygens (including phenoxy) is 1. The molecule has 2 rings (SSSR count). The van der Waals surface area contributed by atoms with Gasteiger partial charge in [-0.25, -0.2) is 0 Å². The number of nitrogens with zero attached hydrogens (tertiary/aromatic N) is 2. The summed E-state index contributed by atoms with van der Waals surface area (Å²) in [5.74, 6) is 1.13. The summed E-state index contributed by atoms with van der Waals surface area (Å²) in [6, 6.07) is 0. The van der Waals surface area contributed by atoms with Crippen molar-refractivity contribution in [3.63, 3.8) is 0 Å². The molecule has 0 spiro atoms. The van der Waals surface area contributed by atoms with E-state index in [4.69, 9.17) is 14.4 Å². The Bertz CT molecular complexity index is 391. The number of carboxylic acids is 1. The second-order valence-electron chi connectivity index (χ2n) is 3.93. The molecule has 1 aromatic heterocycles. The van der Waals surface area contributed by atoms with Crippen LogP contribution in [0.1, 0.15) is 30.7 Å². The minimum absolute atomic E-state index is 0.0358. The Balaban J connectivity index is 1.88. The Labute approximate surface area is 103 Å². The van der Waals surface area contributed by atoms with Crippen molar-refractivity contribution in [3.05, 3.63) is 11.7 Å². The highest BCUT2D eigenvalue weighted by molar-refractivity contribution is 7.99. The molecule has 0 saturated heterocycles. The number of aliphatic carboxylic acids is 1. The van der Waals surface area contributed by atoms with E-state index in [0.29, 0.717) is 23.4 Å². The molecule has 7 heteroatoms. The van der Waals surface area contributed by atoms with Crippen LogP contribution in [-0.2, 0) is 15.3 Å². The van der Waals surface area contributed by atoms with Gasteiger partial charge >= 0.3 is 5.97 Å². The van der Waals surface area contributed by atoms with Crippen LogP contribution in [0.5, 0.6) is 0 Å². The highest BCUT2D eigenvalue weighted by atomic mass is 32.2. The van der Waals surface area contributed by atoms with Crippen LogP contribution in [0, 0.1) is 5.92 Å². The number of methoxy groups -OCH3 is 1. The average Bonchev–Trinajstić information content (AvgIpc) is 3.00. The molecule has 1 saturated carbocycles. The van der Waals surface area contributed by atoms with Crippen LogP contribution >= 0.6 is 11.8 Å². The summed E-state index contributed by atoms with van der Waals surface area (Å²) in [6.45, 7) is 0. The first-order valence-corrected chi connectivity index (χ1v) is 6.51. The van der Waals surface area contributed by atoms with Crippen molar-refractivity contribution >= 4 is 17.7 Å². The number of aromatic nitrogens is 2. The average molecular weight is 258 g/mol. The smallest absolute Gasteiger partial charge is 0.313 e. The fraction of sp³-hybridized carbons (Fsp3) is 0.700.